The van der Waals surface area contributed by atoms with Crippen LogP contribution in [0.4, 0.5) is 0 Å². The quantitative estimate of drug-likeness (QED) is 0.439. The lowest BCUT2D eigenvalue weighted by atomic mass is 9.88. The summed E-state index contributed by atoms with van der Waals surface area (Å²) in [7, 11) is 0. The summed E-state index contributed by atoms with van der Waals surface area (Å²) < 4.78 is 2.00. The lowest BCUT2D eigenvalue weighted by molar-refractivity contribution is 0.884. The molecule has 5 rings (SSSR count). The van der Waals surface area contributed by atoms with Crippen molar-refractivity contribution < 1.29 is 0 Å². The molecule has 1 aromatic heterocycles. The maximum atomic E-state index is 4.86. The van der Waals surface area contributed by atoms with Gasteiger partial charge in [-0.1, -0.05) is 54.6 Å². The first-order valence-electron chi connectivity index (χ1n) is 7.55. The average molecular weight is 282 g/mol. The number of para-hydroxylation sites is 1. The second-order valence-corrected chi connectivity index (χ2v) is 5.78. The molecule has 4 aromatic rings. The predicted octanol–water partition coefficient (Wildman–Crippen LogP) is 4.60. The van der Waals surface area contributed by atoms with Crippen molar-refractivity contribution in [2.75, 3.05) is 0 Å². The molecular formula is C20H14N2. The van der Waals surface area contributed by atoms with Crippen LogP contribution in [0.1, 0.15) is 11.1 Å². The molecule has 0 fully saturated rings. The smallest absolute Gasteiger partial charge is 0.0969 e. The Hall–Kier alpha value is -2.87. The third kappa shape index (κ3) is 1.58. The van der Waals surface area contributed by atoms with Gasteiger partial charge < -0.3 is 0 Å². The van der Waals surface area contributed by atoms with E-state index in [2.05, 4.69) is 54.7 Å². The summed E-state index contributed by atoms with van der Waals surface area (Å²) in [5.74, 6) is 0. The number of fused-ring (bicyclic) bond motifs is 2. The Morgan fingerprint density at radius 2 is 1.59 bits per heavy atom. The second-order valence-electron chi connectivity index (χ2n) is 5.78. The van der Waals surface area contributed by atoms with Gasteiger partial charge in [0.1, 0.15) is 0 Å². The van der Waals surface area contributed by atoms with Gasteiger partial charge in [-0.2, -0.15) is 5.10 Å². The number of rotatable bonds is 1. The van der Waals surface area contributed by atoms with E-state index in [4.69, 9.17) is 5.10 Å². The van der Waals surface area contributed by atoms with Gasteiger partial charge in [0.2, 0.25) is 0 Å². The normalized spacial score (nSPS) is 12.4. The highest BCUT2D eigenvalue weighted by molar-refractivity contribution is 6.00. The van der Waals surface area contributed by atoms with Crippen LogP contribution in [0.5, 0.6) is 0 Å². The number of aromatic nitrogens is 2. The number of nitrogens with zero attached hydrogens (tertiary/aromatic N) is 2. The van der Waals surface area contributed by atoms with Crippen LogP contribution in [0.2, 0.25) is 0 Å². The minimum Gasteiger partial charge on any atom is -0.240 e. The Labute approximate surface area is 128 Å². The summed E-state index contributed by atoms with van der Waals surface area (Å²) >= 11 is 0. The molecule has 1 aliphatic rings. The topological polar surface area (TPSA) is 17.8 Å². The van der Waals surface area contributed by atoms with Crippen molar-refractivity contribution in [2.24, 2.45) is 0 Å². The maximum absolute atomic E-state index is 4.86. The molecule has 22 heavy (non-hydrogen) atoms. The van der Waals surface area contributed by atoms with Gasteiger partial charge in [0, 0.05) is 23.7 Å². The molecule has 3 aromatic carbocycles. The molecule has 0 bridgehead atoms. The summed E-state index contributed by atoms with van der Waals surface area (Å²) in [6, 6.07) is 23.4. The van der Waals surface area contributed by atoms with Crippen LogP contribution in [-0.2, 0) is 6.42 Å². The van der Waals surface area contributed by atoms with Crippen LogP contribution in [0.15, 0.2) is 72.9 Å². The molecule has 1 heterocycles. The Morgan fingerprint density at radius 1 is 0.773 bits per heavy atom. The predicted molar refractivity (Wildman–Crippen MR) is 89.3 cm³/mol. The lowest BCUT2D eigenvalue weighted by Gasteiger charge is -2.16. The Bertz CT molecular complexity index is 992. The van der Waals surface area contributed by atoms with Gasteiger partial charge in [0.05, 0.1) is 11.4 Å². The molecule has 2 nitrogen and oxygen atoms in total. The number of benzene rings is 3. The van der Waals surface area contributed by atoms with Crippen molar-refractivity contribution in [3.63, 3.8) is 0 Å². The molecule has 0 amide bonds. The van der Waals surface area contributed by atoms with Crippen LogP contribution in [0, 0.1) is 0 Å². The van der Waals surface area contributed by atoms with Gasteiger partial charge >= 0.3 is 0 Å². The molecule has 0 radical (unpaired) electrons. The summed E-state index contributed by atoms with van der Waals surface area (Å²) in [5.41, 5.74) is 6.17. The fourth-order valence-electron chi connectivity index (χ4n) is 3.45. The molecule has 0 spiro atoms. The number of hydrogen-bond acceptors (Lipinski definition) is 1. The van der Waals surface area contributed by atoms with E-state index in [1.807, 2.05) is 22.9 Å². The minimum atomic E-state index is 0.955. The summed E-state index contributed by atoms with van der Waals surface area (Å²) in [5, 5.41) is 7.52. The third-order valence-corrected chi connectivity index (χ3v) is 4.44. The van der Waals surface area contributed by atoms with E-state index in [1.165, 1.54) is 27.5 Å². The largest absolute Gasteiger partial charge is 0.240 e. The van der Waals surface area contributed by atoms with E-state index < -0.39 is 0 Å². The van der Waals surface area contributed by atoms with E-state index in [0.717, 1.165) is 17.8 Å². The molecule has 0 aliphatic heterocycles. The van der Waals surface area contributed by atoms with Crippen LogP contribution >= 0.6 is 0 Å². The van der Waals surface area contributed by atoms with Crippen LogP contribution in [0.3, 0.4) is 0 Å². The van der Waals surface area contributed by atoms with Crippen molar-refractivity contribution in [1.82, 2.24) is 9.78 Å². The molecule has 2 heteroatoms. The van der Waals surface area contributed by atoms with Gasteiger partial charge in [0.15, 0.2) is 0 Å². The summed E-state index contributed by atoms with van der Waals surface area (Å²) in [4.78, 5) is 0. The second kappa shape index (κ2) is 4.31. The molecule has 0 saturated heterocycles. The van der Waals surface area contributed by atoms with E-state index in [1.54, 1.807) is 0 Å². The molecule has 104 valence electrons. The molecule has 1 aliphatic carbocycles. The summed E-state index contributed by atoms with van der Waals surface area (Å²) in [6.45, 7) is 0. The monoisotopic (exact) mass is 282 g/mol. The van der Waals surface area contributed by atoms with E-state index in [9.17, 15) is 0 Å². The first kappa shape index (κ1) is 11.8. The fraction of sp³-hybridized carbons (Fsp3) is 0.0500. The summed E-state index contributed by atoms with van der Waals surface area (Å²) in [6.07, 6.45) is 3.12. The van der Waals surface area contributed by atoms with Crippen LogP contribution in [-0.4, -0.2) is 9.78 Å². The van der Waals surface area contributed by atoms with E-state index in [0.29, 0.717) is 0 Å². The zero-order valence-corrected chi connectivity index (χ0v) is 12.0. The van der Waals surface area contributed by atoms with Crippen molar-refractivity contribution >= 4 is 10.8 Å². The molecule has 0 N–H and O–H groups in total. The molecule has 0 unspecified atom stereocenters. The SMILES string of the molecule is c1ccc(-n2cc3c(n2)-c2cccc4cccc(c24)C3)cc1. The molecule has 0 saturated carbocycles. The van der Waals surface area contributed by atoms with Gasteiger partial charge in [-0.25, -0.2) is 4.68 Å². The first-order chi connectivity index (χ1) is 10.9. The first-order valence-corrected chi connectivity index (χ1v) is 7.55. The van der Waals surface area contributed by atoms with E-state index in [-0.39, 0.29) is 0 Å². The fourth-order valence-corrected chi connectivity index (χ4v) is 3.45. The van der Waals surface area contributed by atoms with E-state index >= 15 is 0 Å². The highest BCUT2D eigenvalue weighted by Crippen LogP contribution is 2.38. The average Bonchev–Trinajstić information content (AvgIpc) is 3.00. The van der Waals surface area contributed by atoms with Crippen molar-refractivity contribution in [1.29, 1.82) is 0 Å². The third-order valence-electron chi connectivity index (χ3n) is 4.44. The molecular weight excluding hydrogens is 268 g/mol. The zero-order chi connectivity index (χ0) is 14.5. The Balaban J connectivity index is 1.78. The standard InChI is InChI=1S/C20H14N2/c1-2-9-17(10-3-1)22-13-16-12-15-8-4-6-14-7-5-11-18(19(14)15)20(16)21-22/h1-11,13H,12H2. The minimum absolute atomic E-state index is 0.955. The Kier molecular flexibility index (Phi) is 2.30. The molecule has 0 atom stereocenters. The van der Waals surface area contributed by atoms with Crippen molar-refractivity contribution in [2.45, 2.75) is 6.42 Å². The van der Waals surface area contributed by atoms with Crippen LogP contribution in [0.25, 0.3) is 27.7 Å². The van der Waals surface area contributed by atoms with Gasteiger partial charge in [-0.15, -0.1) is 0 Å². The van der Waals surface area contributed by atoms with Crippen molar-refractivity contribution in [3.05, 3.63) is 84.1 Å². The van der Waals surface area contributed by atoms with Gasteiger partial charge in [-0.05, 0) is 28.5 Å². The maximum Gasteiger partial charge on any atom is 0.0969 e. The zero-order valence-electron chi connectivity index (χ0n) is 12.0. The Morgan fingerprint density at radius 3 is 2.45 bits per heavy atom. The van der Waals surface area contributed by atoms with Gasteiger partial charge in [-0.3, -0.25) is 0 Å². The van der Waals surface area contributed by atoms with Crippen LogP contribution < -0.4 is 0 Å². The highest BCUT2D eigenvalue weighted by Gasteiger charge is 2.21. The highest BCUT2D eigenvalue weighted by atomic mass is 15.3. The van der Waals surface area contributed by atoms with Crippen molar-refractivity contribution in [3.8, 4) is 16.9 Å². The lowest BCUT2D eigenvalue weighted by Crippen LogP contribution is -1.99. The number of hydrogen-bond donors (Lipinski definition) is 0. The van der Waals surface area contributed by atoms with Gasteiger partial charge in [0.25, 0.3) is 0 Å².